The second-order valence-electron chi connectivity index (χ2n) is 3.21. The number of nitrogen functional groups attached to an aromatic ring is 1. The number of nitrogens with two attached hydrogens (primary N) is 1. The summed E-state index contributed by atoms with van der Waals surface area (Å²) in [4.78, 5) is 4.00. The molecule has 2 aromatic rings. The van der Waals surface area contributed by atoms with Crippen molar-refractivity contribution in [2.24, 2.45) is 0 Å². The summed E-state index contributed by atoms with van der Waals surface area (Å²) in [5.41, 5.74) is 7.89. The SMILES string of the molecule is Nc1ccncc1-c1cc(Cl)c(Cl)cc1Cl. The highest BCUT2D eigenvalue weighted by Crippen LogP contribution is 2.36. The first-order valence-electron chi connectivity index (χ1n) is 4.44. The van der Waals surface area contributed by atoms with Crippen molar-refractivity contribution < 1.29 is 0 Å². The lowest BCUT2D eigenvalue weighted by Crippen LogP contribution is -1.91. The molecule has 82 valence electrons. The zero-order valence-electron chi connectivity index (χ0n) is 8.05. The highest BCUT2D eigenvalue weighted by atomic mass is 35.5. The van der Waals surface area contributed by atoms with E-state index in [0.717, 1.165) is 11.1 Å². The largest absolute Gasteiger partial charge is 0.398 e. The fourth-order valence-corrected chi connectivity index (χ4v) is 2.01. The van der Waals surface area contributed by atoms with Crippen LogP contribution in [0, 0.1) is 0 Å². The number of aromatic nitrogens is 1. The molecule has 0 spiro atoms. The summed E-state index contributed by atoms with van der Waals surface area (Å²) in [5.74, 6) is 0. The van der Waals surface area contributed by atoms with Gasteiger partial charge in [0.2, 0.25) is 0 Å². The van der Waals surface area contributed by atoms with Crippen molar-refractivity contribution in [2.45, 2.75) is 0 Å². The lowest BCUT2D eigenvalue weighted by atomic mass is 10.1. The molecule has 0 saturated heterocycles. The minimum absolute atomic E-state index is 0.415. The van der Waals surface area contributed by atoms with E-state index in [2.05, 4.69) is 4.98 Å². The Kier molecular flexibility index (Phi) is 3.24. The molecule has 0 aliphatic heterocycles. The van der Waals surface area contributed by atoms with E-state index in [9.17, 15) is 0 Å². The molecule has 1 aromatic carbocycles. The smallest absolute Gasteiger partial charge is 0.0607 e. The molecule has 0 fully saturated rings. The second-order valence-corrected chi connectivity index (χ2v) is 4.43. The van der Waals surface area contributed by atoms with Gasteiger partial charge in [-0.25, -0.2) is 0 Å². The number of nitrogens with zero attached hydrogens (tertiary/aromatic N) is 1. The molecule has 2 rings (SSSR count). The monoisotopic (exact) mass is 272 g/mol. The Labute approximate surface area is 108 Å². The summed E-state index contributed by atoms with van der Waals surface area (Å²) in [6, 6.07) is 4.97. The number of hydrogen-bond donors (Lipinski definition) is 1. The summed E-state index contributed by atoms with van der Waals surface area (Å²) in [5, 5.41) is 1.34. The first-order valence-corrected chi connectivity index (χ1v) is 5.57. The van der Waals surface area contributed by atoms with Gasteiger partial charge in [0.1, 0.15) is 0 Å². The Morgan fingerprint density at radius 2 is 1.62 bits per heavy atom. The van der Waals surface area contributed by atoms with Crippen molar-refractivity contribution in [1.29, 1.82) is 0 Å². The van der Waals surface area contributed by atoms with Crippen LogP contribution in [-0.2, 0) is 0 Å². The number of rotatable bonds is 1. The zero-order chi connectivity index (χ0) is 11.7. The molecular formula is C11H7Cl3N2. The molecule has 1 heterocycles. The van der Waals surface area contributed by atoms with E-state index in [-0.39, 0.29) is 0 Å². The van der Waals surface area contributed by atoms with Gasteiger partial charge in [0, 0.05) is 29.2 Å². The minimum atomic E-state index is 0.415. The van der Waals surface area contributed by atoms with Crippen LogP contribution in [0.4, 0.5) is 5.69 Å². The van der Waals surface area contributed by atoms with E-state index in [0.29, 0.717) is 20.8 Å². The Bertz CT molecular complexity index is 541. The van der Waals surface area contributed by atoms with E-state index in [4.69, 9.17) is 40.5 Å². The molecule has 0 amide bonds. The van der Waals surface area contributed by atoms with Crippen molar-refractivity contribution in [3.05, 3.63) is 45.7 Å². The van der Waals surface area contributed by atoms with E-state index < -0.39 is 0 Å². The lowest BCUT2D eigenvalue weighted by molar-refractivity contribution is 1.33. The Morgan fingerprint density at radius 3 is 2.31 bits per heavy atom. The van der Waals surface area contributed by atoms with Gasteiger partial charge in [-0.05, 0) is 18.2 Å². The quantitative estimate of drug-likeness (QED) is 0.787. The van der Waals surface area contributed by atoms with Gasteiger partial charge >= 0.3 is 0 Å². The van der Waals surface area contributed by atoms with Gasteiger partial charge in [0.05, 0.1) is 15.1 Å². The van der Waals surface area contributed by atoms with Crippen LogP contribution >= 0.6 is 34.8 Å². The average molecular weight is 274 g/mol. The van der Waals surface area contributed by atoms with Crippen LogP contribution in [0.15, 0.2) is 30.6 Å². The third-order valence-corrected chi connectivity index (χ3v) is 3.19. The Hall–Kier alpha value is -0.960. The van der Waals surface area contributed by atoms with Gasteiger partial charge in [-0.1, -0.05) is 34.8 Å². The van der Waals surface area contributed by atoms with Crippen molar-refractivity contribution in [3.8, 4) is 11.1 Å². The van der Waals surface area contributed by atoms with Crippen LogP contribution < -0.4 is 5.73 Å². The summed E-state index contributed by atoms with van der Waals surface area (Å²) >= 11 is 17.9. The summed E-state index contributed by atoms with van der Waals surface area (Å²) in [7, 11) is 0. The topological polar surface area (TPSA) is 38.9 Å². The highest BCUT2D eigenvalue weighted by Gasteiger charge is 2.10. The maximum Gasteiger partial charge on any atom is 0.0607 e. The number of anilines is 1. The maximum atomic E-state index is 6.08. The molecule has 0 atom stereocenters. The number of hydrogen-bond acceptors (Lipinski definition) is 2. The van der Waals surface area contributed by atoms with Crippen molar-refractivity contribution in [3.63, 3.8) is 0 Å². The third kappa shape index (κ3) is 2.09. The lowest BCUT2D eigenvalue weighted by Gasteiger charge is -2.08. The van der Waals surface area contributed by atoms with Crippen LogP contribution in [-0.4, -0.2) is 4.98 Å². The van der Waals surface area contributed by atoms with Gasteiger partial charge in [-0.2, -0.15) is 0 Å². The Morgan fingerprint density at radius 1 is 0.938 bits per heavy atom. The van der Waals surface area contributed by atoms with Crippen LogP contribution in [0.2, 0.25) is 15.1 Å². The van der Waals surface area contributed by atoms with Crippen LogP contribution in [0.3, 0.4) is 0 Å². The second kappa shape index (κ2) is 4.50. The molecule has 1 aromatic heterocycles. The van der Waals surface area contributed by atoms with Gasteiger partial charge in [0.15, 0.2) is 0 Å². The molecule has 0 radical (unpaired) electrons. The van der Waals surface area contributed by atoms with Crippen molar-refractivity contribution >= 4 is 40.5 Å². The molecule has 0 aliphatic carbocycles. The van der Waals surface area contributed by atoms with Gasteiger partial charge in [-0.3, -0.25) is 4.98 Å². The average Bonchev–Trinajstić information content (AvgIpc) is 2.25. The van der Waals surface area contributed by atoms with E-state index in [1.165, 1.54) is 0 Å². The van der Waals surface area contributed by atoms with Gasteiger partial charge in [0.25, 0.3) is 0 Å². The fraction of sp³-hybridized carbons (Fsp3) is 0. The summed E-state index contributed by atoms with van der Waals surface area (Å²) < 4.78 is 0. The molecular weight excluding hydrogens is 266 g/mol. The number of benzene rings is 1. The first-order chi connectivity index (χ1) is 7.59. The van der Waals surface area contributed by atoms with Crippen molar-refractivity contribution in [1.82, 2.24) is 4.98 Å². The van der Waals surface area contributed by atoms with Crippen LogP contribution in [0.1, 0.15) is 0 Å². The number of halogens is 3. The highest BCUT2D eigenvalue weighted by molar-refractivity contribution is 6.44. The van der Waals surface area contributed by atoms with E-state index >= 15 is 0 Å². The molecule has 0 bridgehead atoms. The molecule has 2 N–H and O–H groups in total. The molecule has 0 unspecified atom stereocenters. The zero-order valence-corrected chi connectivity index (χ0v) is 10.3. The molecule has 5 heteroatoms. The normalized spacial score (nSPS) is 10.4. The van der Waals surface area contributed by atoms with E-state index in [1.807, 2.05) is 0 Å². The molecule has 16 heavy (non-hydrogen) atoms. The predicted molar refractivity (Wildman–Crippen MR) is 69.1 cm³/mol. The predicted octanol–water partition coefficient (Wildman–Crippen LogP) is 4.29. The standard InChI is InChI=1S/C11H7Cl3N2/c12-8-4-10(14)9(13)3-6(8)7-5-16-2-1-11(7)15/h1-5H,(H2,15,16). The maximum absolute atomic E-state index is 6.08. The van der Waals surface area contributed by atoms with Gasteiger partial charge in [-0.15, -0.1) is 0 Å². The first kappa shape index (κ1) is 11.5. The third-order valence-electron chi connectivity index (χ3n) is 2.15. The van der Waals surface area contributed by atoms with Crippen molar-refractivity contribution in [2.75, 3.05) is 5.73 Å². The minimum Gasteiger partial charge on any atom is -0.398 e. The Balaban J connectivity index is 2.65. The van der Waals surface area contributed by atoms with Crippen LogP contribution in [0.25, 0.3) is 11.1 Å². The number of pyridine rings is 1. The fourth-order valence-electron chi connectivity index (χ4n) is 1.36. The van der Waals surface area contributed by atoms with E-state index in [1.54, 1.807) is 30.6 Å². The molecule has 2 nitrogen and oxygen atoms in total. The summed E-state index contributed by atoms with van der Waals surface area (Å²) in [6.45, 7) is 0. The summed E-state index contributed by atoms with van der Waals surface area (Å²) in [6.07, 6.45) is 3.26. The molecule has 0 aliphatic rings. The van der Waals surface area contributed by atoms with Crippen LogP contribution in [0.5, 0.6) is 0 Å². The molecule has 0 saturated carbocycles. The van der Waals surface area contributed by atoms with Gasteiger partial charge < -0.3 is 5.73 Å².